The summed E-state index contributed by atoms with van der Waals surface area (Å²) >= 11 is 0. The Hall–Kier alpha value is -2.68. The van der Waals surface area contributed by atoms with Gasteiger partial charge in [0.25, 0.3) is 0 Å². The molecule has 0 amide bonds. The molecule has 3 rings (SSSR count). The minimum absolute atomic E-state index is 0.0124. The van der Waals surface area contributed by atoms with Crippen LogP contribution in [0.15, 0.2) is 53.4 Å². The lowest BCUT2D eigenvalue weighted by Gasteiger charge is -2.10. The largest absolute Gasteiger partial charge is 0.435 e. The number of H-pyrrole nitrogens is 1. The van der Waals surface area contributed by atoms with Crippen LogP contribution in [0.3, 0.4) is 0 Å². The molecule has 3 aromatic rings. The fourth-order valence-corrected chi connectivity index (χ4v) is 3.15. The number of aromatic amines is 1. The molecular weight excluding hydrogens is 372 g/mol. The molecule has 0 fully saturated rings. The highest BCUT2D eigenvalue weighted by Crippen LogP contribution is 2.41. The Balaban J connectivity index is 2.21. The normalized spacial score (nSPS) is 12.3. The Kier molecular flexibility index (Phi) is 4.35. The van der Waals surface area contributed by atoms with Crippen LogP contribution in [-0.4, -0.2) is 24.9 Å². The molecule has 0 unspecified atom stereocenters. The Bertz CT molecular complexity index is 1040. The molecule has 0 aliphatic heterocycles. The summed E-state index contributed by atoms with van der Waals surface area (Å²) < 4.78 is 76.3. The van der Waals surface area contributed by atoms with Crippen molar-refractivity contribution in [1.82, 2.24) is 10.2 Å². The lowest BCUT2D eigenvalue weighted by molar-refractivity contribution is -0.140. The van der Waals surface area contributed by atoms with Crippen molar-refractivity contribution >= 4 is 9.84 Å². The molecule has 136 valence electrons. The molecule has 0 atom stereocenters. The maximum Gasteiger partial charge on any atom is 0.435 e. The number of halogens is 4. The Morgan fingerprint density at radius 1 is 0.923 bits per heavy atom. The number of hydrogen-bond acceptors (Lipinski definition) is 3. The number of nitrogens with one attached hydrogen (secondary N) is 1. The molecule has 0 radical (unpaired) electrons. The number of rotatable bonds is 3. The summed E-state index contributed by atoms with van der Waals surface area (Å²) in [4.78, 5) is -0.0124. The smallest absolute Gasteiger partial charge is 0.277 e. The highest BCUT2D eigenvalue weighted by molar-refractivity contribution is 7.90. The van der Waals surface area contributed by atoms with Gasteiger partial charge >= 0.3 is 6.18 Å². The van der Waals surface area contributed by atoms with Gasteiger partial charge in [-0.05, 0) is 42.0 Å². The zero-order valence-corrected chi connectivity index (χ0v) is 14.1. The fraction of sp³-hybridized carbons (Fsp3) is 0.118. The molecule has 4 nitrogen and oxygen atoms in total. The second-order valence-corrected chi connectivity index (χ2v) is 7.64. The summed E-state index contributed by atoms with van der Waals surface area (Å²) in [5.41, 5.74) is -0.855. The number of aromatic nitrogens is 2. The van der Waals surface area contributed by atoms with E-state index in [0.29, 0.717) is 5.56 Å². The van der Waals surface area contributed by atoms with E-state index in [4.69, 9.17) is 0 Å². The number of alkyl halides is 3. The molecule has 9 heteroatoms. The van der Waals surface area contributed by atoms with Gasteiger partial charge in [0.15, 0.2) is 15.5 Å². The van der Waals surface area contributed by atoms with E-state index in [0.717, 1.165) is 18.4 Å². The highest BCUT2D eigenvalue weighted by Gasteiger charge is 2.38. The van der Waals surface area contributed by atoms with E-state index in [2.05, 4.69) is 10.2 Å². The Labute approximate surface area is 146 Å². The summed E-state index contributed by atoms with van der Waals surface area (Å²) in [7, 11) is -3.48. The van der Waals surface area contributed by atoms with Gasteiger partial charge in [-0.15, -0.1) is 0 Å². The number of nitrogens with zero attached hydrogens (tertiary/aromatic N) is 1. The number of sulfone groups is 1. The van der Waals surface area contributed by atoms with Crippen molar-refractivity contribution in [2.24, 2.45) is 0 Å². The van der Waals surface area contributed by atoms with Crippen LogP contribution < -0.4 is 0 Å². The minimum Gasteiger partial charge on any atom is -0.277 e. The first-order valence-electron chi connectivity index (χ1n) is 7.29. The average molecular weight is 384 g/mol. The second kappa shape index (κ2) is 6.24. The average Bonchev–Trinajstić information content (AvgIpc) is 3.00. The molecule has 26 heavy (non-hydrogen) atoms. The van der Waals surface area contributed by atoms with Crippen LogP contribution in [0.4, 0.5) is 17.6 Å². The zero-order valence-electron chi connectivity index (χ0n) is 13.3. The summed E-state index contributed by atoms with van der Waals surface area (Å²) in [5, 5.41) is 5.72. The maximum absolute atomic E-state index is 13.4. The molecule has 1 aromatic heterocycles. The van der Waals surface area contributed by atoms with Crippen molar-refractivity contribution in [3.63, 3.8) is 0 Å². The van der Waals surface area contributed by atoms with Crippen LogP contribution in [0.5, 0.6) is 0 Å². The van der Waals surface area contributed by atoms with Crippen molar-refractivity contribution in [2.45, 2.75) is 11.1 Å². The van der Waals surface area contributed by atoms with Crippen molar-refractivity contribution < 1.29 is 26.0 Å². The Morgan fingerprint density at radius 3 is 1.96 bits per heavy atom. The first-order valence-corrected chi connectivity index (χ1v) is 9.18. The Morgan fingerprint density at radius 2 is 1.46 bits per heavy atom. The van der Waals surface area contributed by atoms with Gasteiger partial charge in [-0.1, -0.05) is 12.1 Å². The van der Waals surface area contributed by atoms with Gasteiger partial charge in [0.1, 0.15) is 5.82 Å². The van der Waals surface area contributed by atoms with Crippen molar-refractivity contribution in [3.05, 3.63) is 60.0 Å². The molecule has 2 aromatic carbocycles. The van der Waals surface area contributed by atoms with Crippen LogP contribution in [0.25, 0.3) is 22.4 Å². The van der Waals surface area contributed by atoms with E-state index in [-0.39, 0.29) is 21.7 Å². The van der Waals surface area contributed by atoms with E-state index in [1.165, 1.54) is 36.4 Å². The van der Waals surface area contributed by atoms with Gasteiger partial charge in [-0.2, -0.15) is 18.3 Å². The highest BCUT2D eigenvalue weighted by atomic mass is 32.2. The van der Waals surface area contributed by atoms with Crippen LogP contribution in [-0.2, 0) is 16.0 Å². The van der Waals surface area contributed by atoms with Gasteiger partial charge in [0.2, 0.25) is 0 Å². The molecule has 1 heterocycles. The molecule has 0 aliphatic rings. The van der Waals surface area contributed by atoms with Gasteiger partial charge in [-0.3, -0.25) is 5.10 Å². The van der Waals surface area contributed by atoms with Crippen molar-refractivity contribution in [2.75, 3.05) is 6.26 Å². The van der Waals surface area contributed by atoms with E-state index in [1.54, 1.807) is 0 Å². The van der Waals surface area contributed by atoms with E-state index >= 15 is 0 Å². The summed E-state index contributed by atoms with van der Waals surface area (Å²) in [6, 6.07) is 9.93. The number of benzene rings is 2. The van der Waals surface area contributed by atoms with Gasteiger partial charge < -0.3 is 0 Å². The van der Waals surface area contributed by atoms with Gasteiger partial charge in [-0.25, -0.2) is 12.8 Å². The topological polar surface area (TPSA) is 62.8 Å². The SMILES string of the molecule is CS(=O)(=O)c1ccc(-c2c(C(F)(F)F)n[nH]c2-c2ccc(F)cc2)cc1. The minimum atomic E-state index is -4.72. The van der Waals surface area contributed by atoms with Crippen molar-refractivity contribution in [3.8, 4) is 22.4 Å². The van der Waals surface area contributed by atoms with Gasteiger partial charge in [0, 0.05) is 17.4 Å². The van der Waals surface area contributed by atoms with E-state index in [1.807, 2.05) is 0 Å². The third-order valence-corrected chi connectivity index (χ3v) is 4.87. The van der Waals surface area contributed by atoms with E-state index in [9.17, 15) is 26.0 Å². The fourth-order valence-electron chi connectivity index (χ4n) is 2.52. The molecule has 0 spiro atoms. The van der Waals surface area contributed by atoms with Crippen LogP contribution in [0.1, 0.15) is 5.69 Å². The van der Waals surface area contributed by atoms with E-state index < -0.39 is 27.5 Å². The predicted molar refractivity (Wildman–Crippen MR) is 87.5 cm³/mol. The zero-order chi connectivity index (χ0) is 19.1. The lowest BCUT2D eigenvalue weighted by atomic mass is 9.98. The third kappa shape index (κ3) is 3.48. The summed E-state index contributed by atoms with van der Waals surface area (Å²) in [5.74, 6) is -0.525. The molecule has 0 aliphatic carbocycles. The summed E-state index contributed by atoms with van der Waals surface area (Å²) in [6.45, 7) is 0. The van der Waals surface area contributed by atoms with Crippen molar-refractivity contribution in [1.29, 1.82) is 0 Å². The molecule has 0 bridgehead atoms. The number of hydrogen-bond donors (Lipinski definition) is 1. The van der Waals surface area contributed by atoms with Crippen LogP contribution in [0.2, 0.25) is 0 Å². The standard InChI is InChI=1S/C17H12F4N2O2S/c1-26(24,25)13-8-4-10(5-9-13)14-15(11-2-6-12(18)7-3-11)22-23-16(14)17(19,20)21/h2-9H,1H3,(H,22,23). The van der Waals surface area contributed by atoms with Gasteiger partial charge in [0.05, 0.1) is 10.6 Å². The predicted octanol–water partition coefficient (Wildman–Crippen LogP) is 4.31. The van der Waals surface area contributed by atoms with Crippen LogP contribution >= 0.6 is 0 Å². The molecule has 0 saturated heterocycles. The third-order valence-electron chi connectivity index (χ3n) is 3.74. The first-order chi connectivity index (χ1) is 12.1. The molecule has 1 N–H and O–H groups in total. The molecule has 0 saturated carbocycles. The monoisotopic (exact) mass is 384 g/mol. The quantitative estimate of drug-likeness (QED) is 0.685. The molecular formula is C17H12F4N2O2S. The second-order valence-electron chi connectivity index (χ2n) is 5.62. The van der Waals surface area contributed by atoms with Crippen LogP contribution in [0, 0.1) is 5.82 Å². The first kappa shape index (κ1) is 18.1. The lowest BCUT2D eigenvalue weighted by Crippen LogP contribution is -2.07. The maximum atomic E-state index is 13.4. The summed E-state index contributed by atoms with van der Waals surface area (Å²) in [6.07, 6.45) is -3.72.